The van der Waals surface area contributed by atoms with E-state index in [4.69, 9.17) is 9.47 Å². The molecule has 0 spiro atoms. The summed E-state index contributed by atoms with van der Waals surface area (Å²) in [5, 5.41) is 24.1. The fraction of sp³-hybridized carbons (Fsp3) is 0.290. The van der Waals surface area contributed by atoms with Crippen LogP contribution in [0.2, 0.25) is 0 Å². The number of aromatic hydroxyl groups is 2. The molecule has 2 N–H and O–H groups in total. The predicted molar refractivity (Wildman–Crippen MR) is 151 cm³/mol. The Morgan fingerprint density at radius 3 is 1.71 bits per heavy atom. The second-order valence-corrected chi connectivity index (χ2v) is 10.4. The highest BCUT2D eigenvalue weighted by atomic mass is 32.1. The van der Waals surface area contributed by atoms with Crippen LogP contribution in [0.5, 0.6) is 23.0 Å². The van der Waals surface area contributed by atoms with Gasteiger partial charge in [-0.2, -0.15) is 0 Å². The van der Waals surface area contributed by atoms with Crippen molar-refractivity contribution in [3.63, 3.8) is 0 Å². The molecule has 3 aromatic rings. The molecular formula is C31H34O6S. The van der Waals surface area contributed by atoms with Crippen molar-refractivity contribution in [2.45, 2.75) is 60.3 Å². The van der Waals surface area contributed by atoms with Crippen molar-refractivity contribution >= 4 is 23.3 Å². The molecule has 0 aliphatic carbocycles. The second kappa shape index (κ2) is 11.7. The summed E-state index contributed by atoms with van der Waals surface area (Å²) in [5.41, 5.74) is 4.77. The van der Waals surface area contributed by atoms with E-state index < -0.39 is 17.9 Å². The fourth-order valence-electron chi connectivity index (χ4n) is 4.15. The zero-order chi connectivity index (χ0) is 28.3. The Kier molecular flexibility index (Phi) is 8.84. The number of rotatable bonds is 9. The number of aryl methyl sites for hydroxylation is 4. The van der Waals surface area contributed by atoms with Gasteiger partial charge in [0.05, 0.1) is 10.8 Å². The molecule has 0 aliphatic rings. The first-order valence-electron chi connectivity index (χ1n) is 12.4. The summed E-state index contributed by atoms with van der Waals surface area (Å²) in [6, 6.07) is 7.62. The number of phenols is 2. The molecule has 200 valence electrons. The number of hydrogen-bond donors (Lipinski definition) is 2. The summed E-state index contributed by atoms with van der Waals surface area (Å²) in [7, 11) is 0. The van der Waals surface area contributed by atoms with E-state index in [1.54, 1.807) is 5.38 Å². The van der Waals surface area contributed by atoms with Crippen LogP contribution in [0.15, 0.2) is 53.9 Å². The van der Waals surface area contributed by atoms with E-state index in [1.807, 2.05) is 52.0 Å². The summed E-state index contributed by atoms with van der Waals surface area (Å²) in [4.78, 5) is 25.6. The highest BCUT2D eigenvalue weighted by molar-refractivity contribution is 7.10. The zero-order valence-electron chi connectivity index (χ0n) is 22.7. The SMILES string of the molecule is C=C(C)C(=O)Oc1csc(C(c2cc(CC)cc(C)c2O)c2cc(CC)cc(C)c2O)c1OC(=O)C(=C)C. The molecule has 38 heavy (non-hydrogen) atoms. The standard InChI is InChI=1S/C31H34O6S/c1-9-20-11-18(7)26(32)22(13-20)25(23-14-21(10-2)12-19(8)27(23)33)29-28(37-31(35)17(5)6)24(15-38-29)36-30(34)16(3)4/h11-15,25,32-33H,3,5,9-10H2,1-2,4,6-8H3. The van der Waals surface area contributed by atoms with Gasteiger partial charge < -0.3 is 19.7 Å². The Morgan fingerprint density at radius 2 is 1.29 bits per heavy atom. The number of phenolic OH excluding ortho intramolecular Hbond substituents is 2. The van der Waals surface area contributed by atoms with Crippen molar-refractivity contribution in [3.8, 4) is 23.0 Å². The Hall–Kier alpha value is -3.84. The van der Waals surface area contributed by atoms with Crippen LogP contribution in [-0.2, 0) is 22.4 Å². The molecule has 0 unspecified atom stereocenters. The van der Waals surface area contributed by atoms with Gasteiger partial charge in [0.15, 0.2) is 11.5 Å². The van der Waals surface area contributed by atoms with Crippen molar-refractivity contribution < 1.29 is 29.3 Å². The molecule has 2 aromatic carbocycles. The summed E-state index contributed by atoms with van der Waals surface area (Å²) >= 11 is 1.20. The fourth-order valence-corrected chi connectivity index (χ4v) is 5.18. The minimum atomic E-state index is -0.736. The minimum Gasteiger partial charge on any atom is -0.507 e. The van der Waals surface area contributed by atoms with Gasteiger partial charge in [-0.3, -0.25) is 0 Å². The van der Waals surface area contributed by atoms with Crippen LogP contribution in [0.25, 0.3) is 0 Å². The molecule has 0 amide bonds. The third-order valence-corrected chi connectivity index (χ3v) is 7.32. The molecule has 0 radical (unpaired) electrons. The molecule has 1 heterocycles. The molecule has 1 aromatic heterocycles. The molecule has 0 atom stereocenters. The zero-order valence-corrected chi connectivity index (χ0v) is 23.5. The van der Waals surface area contributed by atoms with Gasteiger partial charge in [0.25, 0.3) is 0 Å². The maximum Gasteiger partial charge on any atom is 0.338 e. The highest BCUT2D eigenvalue weighted by Gasteiger charge is 2.33. The number of ether oxygens (including phenoxy) is 2. The topological polar surface area (TPSA) is 93.1 Å². The lowest BCUT2D eigenvalue weighted by atomic mass is 9.84. The lowest BCUT2D eigenvalue weighted by molar-refractivity contribution is -0.132. The number of benzene rings is 2. The van der Waals surface area contributed by atoms with E-state index in [0.29, 0.717) is 27.1 Å². The Balaban J connectivity index is 2.42. The third kappa shape index (κ3) is 5.83. The van der Waals surface area contributed by atoms with Crippen LogP contribution in [0.1, 0.15) is 71.9 Å². The number of hydrogen-bond acceptors (Lipinski definition) is 7. The smallest absolute Gasteiger partial charge is 0.338 e. The average Bonchev–Trinajstić information content (AvgIpc) is 3.25. The quantitative estimate of drug-likeness (QED) is 0.226. The van der Waals surface area contributed by atoms with Crippen molar-refractivity contribution in [1.82, 2.24) is 0 Å². The van der Waals surface area contributed by atoms with Gasteiger partial charge in [-0.1, -0.05) is 51.3 Å². The van der Waals surface area contributed by atoms with Gasteiger partial charge in [0.2, 0.25) is 0 Å². The van der Waals surface area contributed by atoms with Crippen molar-refractivity contribution in [2.75, 3.05) is 0 Å². The lowest BCUT2D eigenvalue weighted by Crippen LogP contribution is -2.14. The highest BCUT2D eigenvalue weighted by Crippen LogP contribution is 2.51. The monoisotopic (exact) mass is 534 g/mol. The van der Waals surface area contributed by atoms with Gasteiger partial charge in [0, 0.05) is 27.7 Å². The molecule has 0 bridgehead atoms. The molecule has 0 fully saturated rings. The van der Waals surface area contributed by atoms with Gasteiger partial charge >= 0.3 is 11.9 Å². The average molecular weight is 535 g/mol. The molecule has 0 saturated heterocycles. The maximum atomic E-state index is 12.7. The van der Waals surface area contributed by atoms with Gasteiger partial charge in [-0.25, -0.2) is 9.59 Å². The van der Waals surface area contributed by atoms with Crippen LogP contribution >= 0.6 is 11.3 Å². The van der Waals surface area contributed by atoms with Crippen LogP contribution in [0, 0.1) is 13.8 Å². The number of carbonyl (C=O) groups excluding carboxylic acids is 2. The van der Waals surface area contributed by atoms with E-state index in [2.05, 4.69) is 13.2 Å². The van der Waals surface area contributed by atoms with E-state index >= 15 is 0 Å². The summed E-state index contributed by atoms with van der Waals surface area (Å²) in [5.74, 6) is -1.89. The van der Waals surface area contributed by atoms with Crippen molar-refractivity contribution in [1.29, 1.82) is 0 Å². The normalized spacial score (nSPS) is 10.9. The Morgan fingerprint density at radius 1 is 0.842 bits per heavy atom. The minimum absolute atomic E-state index is 0.0282. The number of carbonyl (C=O) groups is 2. The van der Waals surface area contributed by atoms with E-state index in [-0.39, 0.29) is 34.1 Å². The molecular weight excluding hydrogens is 500 g/mol. The first-order valence-corrected chi connectivity index (χ1v) is 13.3. The molecule has 3 rings (SSSR count). The molecule has 0 aliphatic heterocycles. The van der Waals surface area contributed by atoms with E-state index in [0.717, 1.165) is 24.0 Å². The Labute approximate surface area is 227 Å². The third-order valence-electron chi connectivity index (χ3n) is 6.32. The molecule has 7 heteroatoms. The maximum absolute atomic E-state index is 12.7. The lowest BCUT2D eigenvalue weighted by Gasteiger charge is -2.24. The summed E-state index contributed by atoms with van der Waals surface area (Å²) in [6.45, 7) is 18.0. The van der Waals surface area contributed by atoms with Gasteiger partial charge in [0.1, 0.15) is 11.5 Å². The first-order chi connectivity index (χ1) is 17.9. The largest absolute Gasteiger partial charge is 0.507 e. The molecule has 6 nitrogen and oxygen atoms in total. The van der Waals surface area contributed by atoms with Crippen LogP contribution in [-0.4, -0.2) is 22.2 Å². The summed E-state index contributed by atoms with van der Waals surface area (Å²) in [6.07, 6.45) is 1.45. The Bertz CT molecular complexity index is 1370. The second-order valence-electron chi connectivity index (χ2n) is 9.47. The van der Waals surface area contributed by atoms with Crippen LogP contribution < -0.4 is 9.47 Å². The van der Waals surface area contributed by atoms with E-state index in [1.165, 1.54) is 25.2 Å². The van der Waals surface area contributed by atoms with Crippen LogP contribution in [0.4, 0.5) is 0 Å². The van der Waals surface area contributed by atoms with Crippen molar-refractivity contribution in [3.05, 3.63) is 92.2 Å². The predicted octanol–water partition coefficient (Wildman–Crippen LogP) is 7.04. The number of thiophene rings is 1. The number of esters is 2. The summed E-state index contributed by atoms with van der Waals surface area (Å²) < 4.78 is 11.3. The van der Waals surface area contributed by atoms with Gasteiger partial charge in [-0.05, 0) is 62.8 Å². The van der Waals surface area contributed by atoms with E-state index in [9.17, 15) is 19.8 Å². The van der Waals surface area contributed by atoms with Crippen LogP contribution in [0.3, 0.4) is 0 Å². The molecule has 0 saturated carbocycles. The van der Waals surface area contributed by atoms with Crippen molar-refractivity contribution in [2.24, 2.45) is 0 Å². The van der Waals surface area contributed by atoms with Gasteiger partial charge in [-0.15, -0.1) is 11.3 Å². The first kappa shape index (κ1) is 28.7.